The van der Waals surface area contributed by atoms with E-state index in [4.69, 9.17) is 10.3 Å². The van der Waals surface area contributed by atoms with Crippen molar-refractivity contribution in [1.82, 2.24) is 14.9 Å². The number of anilines is 1. The largest absolute Gasteiger partial charge is 0.380 e. The molecule has 0 saturated heterocycles. The molecule has 0 radical (unpaired) electrons. The van der Waals surface area contributed by atoms with Gasteiger partial charge in [-0.3, -0.25) is 4.68 Å². The van der Waals surface area contributed by atoms with E-state index in [9.17, 15) is 0 Å². The predicted molar refractivity (Wildman–Crippen MR) is 64.5 cm³/mol. The van der Waals surface area contributed by atoms with Crippen molar-refractivity contribution in [2.45, 2.75) is 13.5 Å². The minimum atomic E-state index is 0.439. The predicted octanol–water partition coefficient (Wildman–Crippen LogP) is 1.96. The lowest BCUT2D eigenvalue weighted by atomic mass is 10.1. The number of nitrogens with zero attached hydrogens (tertiary/aromatic N) is 3. The lowest BCUT2D eigenvalue weighted by molar-refractivity contribution is 0.460. The van der Waals surface area contributed by atoms with Crippen molar-refractivity contribution in [2.24, 2.45) is 0 Å². The van der Waals surface area contributed by atoms with Gasteiger partial charge in [0.15, 0.2) is 11.4 Å². The molecule has 0 aliphatic carbocycles. The summed E-state index contributed by atoms with van der Waals surface area (Å²) in [6, 6.07) is 5.87. The summed E-state index contributed by atoms with van der Waals surface area (Å²) in [7, 11) is 0. The number of nitrogens with two attached hydrogens (primary N) is 1. The molecular weight excluding hydrogens is 216 g/mol. The van der Waals surface area contributed by atoms with E-state index in [-0.39, 0.29) is 0 Å². The van der Waals surface area contributed by atoms with Crippen LogP contribution in [0, 0.1) is 6.92 Å². The number of aryl methyl sites for hydroxylation is 1. The number of nitrogen functional groups attached to an aromatic ring is 1. The molecule has 86 valence electrons. The van der Waals surface area contributed by atoms with Crippen LogP contribution in [0.1, 0.15) is 11.1 Å². The number of rotatable bonds is 2. The maximum absolute atomic E-state index is 5.71. The minimum absolute atomic E-state index is 0.439. The fraction of sp³-hybridized carbons (Fsp3) is 0.167. The molecule has 0 spiro atoms. The topological polar surface area (TPSA) is 69.9 Å². The summed E-state index contributed by atoms with van der Waals surface area (Å²) in [6.45, 7) is 2.76. The fourth-order valence-corrected chi connectivity index (χ4v) is 1.89. The Balaban J connectivity index is 2.07. The van der Waals surface area contributed by atoms with Gasteiger partial charge >= 0.3 is 0 Å². The van der Waals surface area contributed by atoms with Crippen molar-refractivity contribution in [3.63, 3.8) is 0 Å². The van der Waals surface area contributed by atoms with E-state index in [1.54, 1.807) is 6.20 Å². The fourth-order valence-electron chi connectivity index (χ4n) is 1.89. The third-order valence-electron chi connectivity index (χ3n) is 2.85. The number of hydrogen-bond donors (Lipinski definition) is 1. The van der Waals surface area contributed by atoms with Gasteiger partial charge in [0, 0.05) is 12.4 Å². The smallest absolute Gasteiger partial charge is 0.174 e. The van der Waals surface area contributed by atoms with Crippen molar-refractivity contribution in [3.05, 3.63) is 41.7 Å². The molecule has 5 heteroatoms. The standard InChI is InChI=1S/C12H12N4O/c1-8-5-10-11(17-15-12(10)13)6-9(8)7-16-4-2-3-14-16/h2-6H,7H2,1H3,(H2,13,15). The SMILES string of the molecule is Cc1cc2c(N)noc2cc1Cn1cccn1. The molecule has 1 aromatic carbocycles. The molecule has 2 N–H and O–H groups in total. The normalized spacial score (nSPS) is 11.1. The number of benzene rings is 1. The molecule has 2 heterocycles. The number of fused-ring (bicyclic) bond motifs is 1. The Morgan fingerprint density at radius 2 is 2.29 bits per heavy atom. The Bertz CT molecular complexity index is 655. The van der Waals surface area contributed by atoms with Crippen molar-refractivity contribution >= 4 is 16.8 Å². The Hall–Kier alpha value is -2.30. The first-order valence-corrected chi connectivity index (χ1v) is 5.36. The third-order valence-corrected chi connectivity index (χ3v) is 2.85. The Labute approximate surface area is 97.8 Å². The van der Waals surface area contributed by atoms with Crippen LogP contribution in [0.5, 0.6) is 0 Å². The van der Waals surface area contributed by atoms with Crippen LogP contribution in [0.2, 0.25) is 0 Å². The van der Waals surface area contributed by atoms with Crippen molar-refractivity contribution < 1.29 is 4.52 Å². The highest BCUT2D eigenvalue weighted by atomic mass is 16.5. The monoisotopic (exact) mass is 228 g/mol. The van der Waals surface area contributed by atoms with Gasteiger partial charge in [-0.25, -0.2) is 0 Å². The Kier molecular flexibility index (Phi) is 2.11. The lowest BCUT2D eigenvalue weighted by Crippen LogP contribution is -2.01. The maximum Gasteiger partial charge on any atom is 0.174 e. The van der Waals surface area contributed by atoms with E-state index < -0.39 is 0 Å². The quantitative estimate of drug-likeness (QED) is 0.728. The zero-order chi connectivity index (χ0) is 11.8. The molecule has 0 fully saturated rings. The second-order valence-electron chi connectivity index (χ2n) is 4.05. The molecule has 0 atom stereocenters. The summed E-state index contributed by atoms with van der Waals surface area (Å²) in [5.41, 5.74) is 8.73. The highest BCUT2D eigenvalue weighted by Crippen LogP contribution is 2.24. The summed E-state index contributed by atoms with van der Waals surface area (Å²) in [5.74, 6) is 0.439. The van der Waals surface area contributed by atoms with E-state index in [0.29, 0.717) is 5.82 Å². The van der Waals surface area contributed by atoms with Gasteiger partial charge in [0.1, 0.15) is 0 Å². The molecule has 17 heavy (non-hydrogen) atoms. The molecular formula is C12H12N4O. The van der Waals surface area contributed by atoms with E-state index in [1.807, 2.05) is 36.0 Å². The number of aromatic nitrogens is 3. The first-order valence-electron chi connectivity index (χ1n) is 5.36. The number of hydrogen-bond acceptors (Lipinski definition) is 4. The van der Waals surface area contributed by atoms with E-state index in [0.717, 1.165) is 28.6 Å². The van der Waals surface area contributed by atoms with Gasteiger partial charge in [0.2, 0.25) is 0 Å². The van der Waals surface area contributed by atoms with Crippen LogP contribution in [0.15, 0.2) is 35.1 Å². The summed E-state index contributed by atoms with van der Waals surface area (Å²) < 4.78 is 7.03. The first-order chi connectivity index (χ1) is 8.24. The first kappa shape index (κ1) is 9.89. The second-order valence-corrected chi connectivity index (χ2v) is 4.05. The van der Waals surface area contributed by atoms with Gasteiger partial charge in [0.25, 0.3) is 0 Å². The zero-order valence-corrected chi connectivity index (χ0v) is 9.42. The minimum Gasteiger partial charge on any atom is -0.380 e. The van der Waals surface area contributed by atoms with Crippen LogP contribution in [-0.2, 0) is 6.54 Å². The molecule has 3 aromatic rings. The highest BCUT2D eigenvalue weighted by molar-refractivity contribution is 5.88. The van der Waals surface area contributed by atoms with E-state index in [1.165, 1.54) is 0 Å². The summed E-state index contributed by atoms with van der Waals surface area (Å²) in [6.07, 6.45) is 3.69. The van der Waals surface area contributed by atoms with Gasteiger partial charge in [-0.2, -0.15) is 5.10 Å². The van der Waals surface area contributed by atoms with Gasteiger partial charge in [0.05, 0.1) is 11.9 Å². The summed E-state index contributed by atoms with van der Waals surface area (Å²) >= 11 is 0. The van der Waals surface area contributed by atoms with Crippen LogP contribution in [-0.4, -0.2) is 14.9 Å². The van der Waals surface area contributed by atoms with Crippen molar-refractivity contribution in [2.75, 3.05) is 5.73 Å². The molecule has 0 aliphatic rings. The highest BCUT2D eigenvalue weighted by Gasteiger charge is 2.09. The molecule has 0 aliphatic heterocycles. The van der Waals surface area contributed by atoms with Gasteiger partial charge in [-0.05, 0) is 36.2 Å². The van der Waals surface area contributed by atoms with Crippen LogP contribution in [0.3, 0.4) is 0 Å². The molecule has 0 saturated carbocycles. The molecule has 0 amide bonds. The molecule has 0 bridgehead atoms. The average Bonchev–Trinajstić information content (AvgIpc) is 2.92. The van der Waals surface area contributed by atoms with Crippen LogP contribution in [0.25, 0.3) is 11.0 Å². The third kappa shape index (κ3) is 1.65. The van der Waals surface area contributed by atoms with Gasteiger partial charge in [-0.15, -0.1) is 0 Å². The van der Waals surface area contributed by atoms with E-state index >= 15 is 0 Å². The molecule has 2 aromatic heterocycles. The zero-order valence-electron chi connectivity index (χ0n) is 9.42. The van der Waals surface area contributed by atoms with E-state index in [2.05, 4.69) is 10.3 Å². The molecule has 3 rings (SSSR count). The average molecular weight is 228 g/mol. The van der Waals surface area contributed by atoms with Crippen molar-refractivity contribution in [1.29, 1.82) is 0 Å². The summed E-state index contributed by atoms with van der Waals surface area (Å²) in [4.78, 5) is 0. The molecule has 0 unspecified atom stereocenters. The summed E-state index contributed by atoms with van der Waals surface area (Å²) in [5, 5.41) is 8.81. The van der Waals surface area contributed by atoms with Crippen molar-refractivity contribution in [3.8, 4) is 0 Å². The van der Waals surface area contributed by atoms with Gasteiger partial charge in [-0.1, -0.05) is 5.16 Å². The second kappa shape index (κ2) is 3.62. The van der Waals surface area contributed by atoms with Crippen LogP contribution in [0.4, 0.5) is 5.82 Å². The Morgan fingerprint density at radius 3 is 3.06 bits per heavy atom. The lowest BCUT2D eigenvalue weighted by Gasteiger charge is -2.05. The Morgan fingerprint density at radius 1 is 1.41 bits per heavy atom. The molecule has 5 nitrogen and oxygen atoms in total. The van der Waals surface area contributed by atoms with Gasteiger partial charge < -0.3 is 10.3 Å². The van der Waals surface area contributed by atoms with Crippen LogP contribution >= 0.6 is 0 Å². The van der Waals surface area contributed by atoms with Crippen LogP contribution < -0.4 is 5.73 Å². The maximum atomic E-state index is 5.71.